The second-order valence-electron chi connectivity index (χ2n) is 6.34. The number of anilines is 2. The number of nitrogens with one attached hydrogen (secondary N) is 2. The summed E-state index contributed by atoms with van der Waals surface area (Å²) >= 11 is 1.17. The second kappa shape index (κ2) is 9.20. The maximum atomic E-state index is 12.5. The Morgan fingerprint density at radius 3 is 2.41 bits per heavy atom. The highest BCUT2D eigenvalue weighted by Crippen LogP contribution is 2.26. The van der Waals surface area contributed by atoms with Crippen molar-refractivity contribution in [2.75, 3.05) is 17.7 Å². The van der Waals surface area contributed by atoms with Crippen molar-refractivity contribution in [3.8, 4) is 11.5 Å². The smallest absolute Gasteiger partial charge is 0.275 e. The molecule has 0 aliphatic heterocycles. The number of aromatic nitrogens is 1. The number of methoxy groups -OCH3 is 1. The van der Waals surface area contributed by atoms with Crippen molar-refractivity contribution in [1.82, 2.24) is 4.98 Å². The minimum Gasteiger partial charge on any atom is -0.497 e. The van der Waals surface area contributed by atoms with Crippen LogP contribution in [0.3, 0.4) is 0 Å². The van der Waals surface area contributed by atoms with E-state index in [1.807, 2.05) is 26.0 Å². The minimum atomic E-state index is -0.383. The zero-order valence-electron chi connectivity index (χ0n) is 16.3. The molecule has 150 valence electrons. The lowest BCUT2D eigenvalue weighted by Crippen LogP contribution is -2.15. The van der Waals surface area contributed by atoms with Crippen LogP contribution in [0.25, 0.3) is 0 Å². The van der Waals surface area contributed by atoms with E-state index in [4.69, 9.17) is 9.47 Å². The molecule has 2 N–H and O–H groups in total. The Morgan fingerprint density at radius 1 is 1.00 bits per heavy atom. The Labute approximate surface area is 172 Å². The van der Waals surface area contributed by atoms with Crippen LogP contribution in [0.2, 0.25) is 0 Å². The van der Waals surface area contributed by atoms with Gasteiger partial charge in [-0.15, -0.1) is 11.3 Å². The number of benzene rings is 2. The molecule has 0 atom stereocenters. The molecule has 0 aliphatic rings. The predicted molar refractivity (Wildman–Crippen MR) is 113 cm³/mol. The van der Waals surface area contributed by atoms with Crippen LogP contribution in [0.4, 0.5) is 10.8 Å². The summed E-state index contributed by atoms with van der Waals surface area (Å²) in [6.07, 6.45) is -0.0212. The number of ether oxygens (including phenoxy) is 2. The van der Waals surface area contributed by atoms with Gasteiger partial charge in [0.05, 0.1) is 18.9 Å². The van der Waals surface area contributed by atoms with Crippen molar-refractivity contribution in [3.05, 3.63) is 65.2 Å². The molecule has 3 rings (SSSR count). The summed E-state index contributed by atoms with van der Waals surface area (Å²) in [5.41, 5.74) is 1.23. The molecule has 0 bridgehead atoms. The van der Waals surface area contributed by atoms with E-state index >= 15 is 0 Å². The van der Waals surface area contributed by atoms with Gasteiger partial charge in [0.25, 0.3) is 11.8 Å². The normalized spacial score (nSPS) is 10.5. The van der Waals surface area contributed by atoms with Gasteiger partial charge in [-0.1, -0.05) is 12.1 Å². The van der Waals surface area contributed by atoms with Gasteiger partial charge in [0.2, 0.25) is 0 Å². The number of carbonyl (C=O) groups is 2. The molecule has 7 nitrogen and oxygen atoms in total. The van der Waals surface area contributed by atoms with Gasteiger partial charge in [0.1, 0.15) is 17.2 Å². The van der Waals surface area contributed by atoms with Crippen molar-refractivity contribution in [2.24, 2.45) is 0 Å². The third kappa shape index (κ3) is 5.32. The molecule has 2 amide bonds. The molecule has 0 saturated heterocycles. The molecule has 0 aliphatic carbocycles. The van der Waals surface area contributed by atoms with Crippen molar-refractivity contribution < 1.29 is 19.1 Å². The molecule has 2 aromatic carbocycles. The number of thiazole rings is 1. The molecule has 0 fully saturated rings. The topological polar surface area (TPSA) is 89.5 Å². The zero-order valence-corrected chi connectivity index (χ0v) is 17.1. The lowest BCUT2D eigenvalue weighted by atomic mass is 10.2. The van der Waals surface area contributed by atoms with Crippen molar-refractivity contribution in [2.45, 2.75) is 20.0 Å². The number of hydrogen-bond donors (Lipinski definition) is 2. The quantitative estimate of drug-likeness (QED) is 0.600. The summed E-state index contributed by atoms with van der Waals surface area (Å²) in [5, 5.41) is 7.42. The van der Waals surface area contributed by atoms with E-state index in [1.165, 1.54) is 11.3 Å². The van der Waals surface area contributed by atoms with Gasteiger partial charge >= 0.3 is 0 Å². The van der Waals surface area contributed by atoms with E-state index in [-0.39, 0.29) is 23.6 Å². The van der Waals surface area contributed by atoms with Gasteiger partial charge in [-0.2, -0.15) is 0 Å². The Morgan fingerprint density at radius 2 is 1.72 bits per heavy atom. The van der Waals surface area contributed by atoms with Crippen LogP contribution in [-0.4, -0.2) is 30.0 Å². The van der Waals surface area contributed by atoms with Crippen LogP contribution in [0.5, 0.6) is 11.5 Å². The van der Waals surface area contributed by atoms with E-state index in [0.29, 0.717) is 27.9 Å². The summed E-state index contributed by atoms with van der Waals surface area (Å²) in [4.78, 5) is 29.1. The zero-order chi connectivity index (χ0) is 20.8. The first kappa shape index (κ1) is 20.3. The fourth-order valence-electron chi connectivity index (χ4n) is 2.46. The third-order valence-corrected chi connectivity index (χ3v) is 4.57. The first-order valence-corrected chi connectivity index (χ1v) is 9.82. The van der Waals surface area contributed by atoms with Gasteiger partial charge in [-0.05, 0) is 50.2 Å². The average molecular weight is 411 g/mol. The van der Waals surface area contributed by atoms with Gasteiger partial charge in [-0.25, -0.2) is 4.98 Å². The van der Waals surface area contributed by atoms with Crippen LogP contribution in [0.1, 0.15) is 34.7 Å². The first-order chi connectivity index (χ1) is 14.0. The van der Waals surface area contributed by atoms with Gasteiger partial charge in [0, 0.05) is 10.9 Å². The predicted octanol–water partition coefficient (Wildman–Crippen LogP) is 4.44. The summed E-state index contributed by atoms with van der Waals surface area (Å²) in [6, 6.07) is 13.9. The van der Waals surface area contributed by atoms with Crippen LogP contribution < -0.4 is 20.1 Å². The molecule has 0 spiro atoms. The summed E-state index contributed by atoms with van der Waals surface area (Å²) in [7, 11) is 1.56. The minimum absolute atomic E-state index is 0.0212. The number of para-hydroxylation sites is 2. The molecule has 0 radical (unpaired) electrons. The number of hydrogen-bond acceptors (Lipinski definition) is 6. The van der Waals surface area contributed by atoms with E-state index in [0.717, 1.165) is 0 Å². The Balaban J connectivity index is 1.66. The van der Waals surface area contributed by atoms with Gasteiger partial charge < -0.3 is 14.8 Å². The van der Waals surface area contributed by atoms with Gasteiger partial charge in [-0.3, -0.25) is 14.9 Å². The maximum Gasteiger partial charge on any atom is 0.275 e. The fourth-order valence-corrected chi connectivity index (χ4v) is 3.15. The summed E-state index contributed by atoms with van der Waals surface area (Å²) in [6.45, 7) is 3.83. The summed E-state index contributed by atoms with van der Waals surface area (Å²) in [5.74, 6) is 0.547. The maximum absolute atomic E-state index is 12.5. The van der Waals surface area contributed by atoms with Crippen LogP contribution >= 0.6 is 11.3 Å². The van der Waals surface area contributed by atoms with Crippen molar-refractivity contribution in [1.29, 1.82) is 0 Å². The Kier molecular flexibility index (Phi) is 6.46. The number of rotatable bonds is 7. The third-order valence-electron chi connectivity index (χ3n) is 3.81. The SMILES string of the molecule is COc1ccc(C(=O)Nc2nc(C(=O)Nc3ccccc3OC(C)C)cs2)cc1. The standard InChI is InChI=1S/C21H21N3O4S/c1-13(2)28-18-7-5-4-6-16(18)22-20(26)17-12-29-21(23-17)24-19(25)14-8-10-15(27-3)11-9-14/h4-13H,1-3H3,(H,22,26)(H,23,24,25). The number of nitrogens with zero attached hydrogens (tertiary/aromatic N) is 1. The molecule has 3 aromatic rings. The molecule has 1 aromatic heterocycles. The van der Waals surface area contributed by atoms with Gasteiger partial charge in [0.15, 0.2) is 5.13 Å². The molecular formula is C21H21N3O4S. The molecule has 1 heterocycles. The summed E-state index contributed by atoms with van der Waals surface area (Å²) < 4.78 is 10.8. The Hall–Kier alpha value is -3.39. The highest BCUT2D eigenvalue weighted by Gasteiger charge is 2.15. The van der Waals surface area contributed by atoms with Crippen molar-refractivity contribution in [3.63, 3.8) is 0 Å². The largest absolute Gasteiger partial charge is 0.497 e. The lowest BCUT2D eigenvalue weighted by Gasteiger charge is -2.14. The molecular weight excluding hydrogens is 390 g/mol. The van der Waals surface area contributed by atoms with E-state index in [2.05, 4.69) is 15.6 Å². The molecule has 0 saturated carbocycles. The van der Waals surface area contributed by atoms with Crippen molar-refractivity contribution >= 4 is 34.0 Å². The first-order valence-electron chi connectivity index (χ1n) is 8.94. The van der Waals surface area contributed by atoms with Crippen LogP contribution in [-0.2, 0) is 0 Å². The van der Waals surface area contributed by atoms with E-state index in [9.17, 15) is 9.59 Å². The van der Waals surface area contributed by atoms with Crippen LogP contribution in [0, 0.1) is 0 Å². The van der Waals surface area contributed by atoms with Crippen LogP contribution in [0.15, 0.2) is 53.9 Å². The Bertz CT molecular complexity index is 999. The second-order valence-corrected chi connectivity index (χ2v) is 7.20. The van der Waals surface area contributed by atoms with E-state index < -0.39 is 0 Å². The highest BCUT2D eigenvalue weighted by molar-refractivity contribution is 7.14. The lowest BCUT2D eigenvalue weighted by molar-refractivity contribution is 0.101. The molecule has 8 heteroatoms. The highest BCUT2D eigenvalue weighted by atomic mass is 32.1. The van der Waals surface area contributed by atoms with E-state index in [1.54, 1.807) is 48.9 Å². The number of amides is 2. The molecule has 0 unspecified atom stereocenters. The molecule has 29 heavy (non-hydrogen) atoms. The fraction of sp³-hybridized carbons (Fsp3) is 0.190. The average Bonchev–Trinajstić information content (AvgIpc) is 3.18. The monoisotopic (exact) mass is 411 g/mol. The number of carbonyl (C=O) groups excluding carboxylic acids is 2.